The van der Waals surface area contributed by atoms with E-state index in [0.29, 0.717) is 11.3 Å². The molecule has 1 aliphatic rings. The Labute approximate surface area is 163 Å². The van der Waals surface area contributed by atoms with Crippen molar-refractivity contribution in [2.45, 2.75) is 12.3 Å². The highest BCUT2D eigenvalue weighted by atomic mass is 32.1. The lowest BCUT2D eigenvalue weighted by molar-refractivity contribution is -0.135. The van der Waals surface area contributed by atoms with E-state index in [9.17, 15) is 14.7 Å². The molecule has 0 saturated carbocycles. The van der Waals surface area contributed by atoms with Crippen LogP contribution in [0.5, 0.6) is 11.5 Å². The lowest BCUT2D eigenvalue weighted by Crippen LogP contribution is -2.21. The molecule has 0 unspecified atom stereocenters. The normalized spacial score (nSPS) is 16.0. The third kappa shape index (κ3) is 2.61. The summed E-state index contributed by atoms with van der Waals surface area (Å²) >= 11 is 1.52. The van der Waals surface area contributed by atoms with E-state index < -0.39 is 0 Å². The lowest BCUT2D eigenvalue weighted by Gasteiger charge is -2.25. The zero-order valence-corrected chi connectivity index (χ0v) is 15.4. The Morgan fingerprint density at radius 2 is 1.86 bits per heavy atom. The maximum Gasteiger partial charge on any atom is 0.312 e. The highest BCUT2D eigenvalue weighted by molar-refractivity contribution is 7.10. The van der Waals surface area contributed by atoms with Gasteiger partial charge in [0.1, 0.15) is 28.2 Å². The van der Waals surface area contributed by atoms with Crippen LogP contribution in [0.3, 0.4) is 0 Å². The van der Waals surface area contributed by atoms with Crippen LogP contribution < -0.4 is 10.2 Å². The van der Waals surface area contributed by atoms with Gasteiger partial charge in [0, 0.05) is 34.1 Å². The number of carbonyl (C=O) groups excluding carboxylic acids is 1. The van der Waals surface area contributed by atoms with Crippen LogP contribution in [-0.2, 0) is 4.79 Å². The van der Waals surface area contributed by atoms with Crippen molar-refractivity contribution in [2.75, 3.05) is 0 Å². The Morgan fingerprint density at radius 1 is 1.04 bits per heavy atom. The molecule has 138 valence electrons. The molecule has 0 amide bonds. The molecule has 0 fully saturated rings. The van der Waals surface area contributed by atoms with Crippen LogP contribution in [0.4, 0.5) is 0 Å². The summed E-state index contributed by atoms with van der Waals surface area (Å²) < 4.78 is 11.5. The Kier molecular flexibility index (Phi) is 3.80. The van der Waals surface area contributed by atoms with E-state index in [0.717, 1.165) is 10.4 Å². The molecular formula is C22H14O5S. The molecule has 5 rings (SSSR count). The summed E-state index contributed by atoms with van der Waals surface area (Å²) in [4.78, 5) is 25.9. The Balaban J connectivity index is 1.86. The molecule has 0 saturated heterocycles. The number of aromatic hydroxyl groups is 1. The molecule has 4 aromatic rings. The smallest absolute Gasteiger partial charge is 0.312 e. The van der Waals surface area contributed by atoms with Crippen LogP contribution in [-0.4, -0.2) is 11.1 Å². The number of hydrogen-bond acceptors (Lipinski definition) is 6. The van der Waals surface area contributed by atoms with Crippen LogP contribution in [0.25, 0.3) is 22.3 Å². The van der Waals surface area contributed by atoms with Crippen molar-refractivity contribution in [3.63, 3.8) is 0 Å². The van der Waals surface area contributed by atoms with Gasteiger partial charge in [0.05, 0.1) is 6.42 Å². The zero-order valence-electron chi connectivity index (χ0n) is 14.5. The van der Waals surface area contributed by atoms with Crippen LogP contribution in [0.15, 0.2) is 69.2 Å². The van der Waals surface area contributed by atoms with Gasteiger partial charge in [-0.05, 0) is 11.4 Å². The summed E-state index contributed by atoms with van der Waals surface area (Å²) in [6.45, 7) is 0. The van der Waals surface area contributed by atoms with E-state index in [2.05, 4.69) is 0 Å². The Bertz CT molecular complexity index is 1260. The number of rotatable bonds is 2. The van der Waals surface area contributed by atoms with E-state index in [1.807, 2.05) is 47.8 Å². The van der Waals surface area contributed by atoms with Crippen LogP contribution in [0.2, 0.25) is 0 Å². The van der Waals surface area contributed by atoms with Crippen LogP contribution >= 0.6 is 11.3 Å². The average molecular weight is 390 g/mol. The van der Waals surface area contributed by atoms with Gasteiger partial charge < -0.3 is 14.3 Å². The molecule has 6 heteroatoms. The number of phenols is 1. The minimum atomic E-state index is -0.383. The minimum Gasteiger partial charge on any atom is -0.507 e. The van der Waals surface area contributed by atoms with Gasteiger partial charge in [-0.3, -0.25) is 9.59 Å². The average Bonchev–Trinajstić information content (AvgIpc) is 3.22. The first-order valence-corrected chi connectivity index (χ1v) is 9.63. The largest absolute Gasteiger partial charge is 0.507 e. The maximum absolute atomic E-state index is 12.8. The molecule has 0 radical (unpaired) electrons. The summed E-state index contributed by atoms with van der Waals surface area (Å²) in [5.74, 6) is -0.317. The van der Waals surface area contributed by atoms with Gasteiger partial charge in [0.15, 0.2) is 5.43 Å². The lowest BCUT2D eigenvalue weighted by atomic mass is 9.89. The maximum atomic E-state index is 12.8. The quantitative estimate of drug-likeness (QED) is 0.398. The fraction of sp³-hybridized carbons (Fsp3) is 0.0909. The zero-order chi connectivity index (χ0) is 19.3. The van der Waals surface area contributed by atoms with Crippen molar-refractivity contribution >= 4 is 28.3 Å². The Morgan fingerprint density at radius 3 is 2.61 bits per heavy atom. The molecule has 2 aromatic heterocycles. The van der Waals surface area contributed by atoms with Gasteiger partial charge in [-0.25, -0.2) is 0 Å². The molecule has 3 heterocycles. The van der Waals surface area contributed by atoms with Gasteiger partial charge in [-0.15, -0.1) is 11.3 Å². The van der Waals surface area contributed by atoms with E-state index in [4.69, 9.17) is 9.15 Å². The number of phenolic OH excluding ortho intramolecular Hbond substituents is 1. The minimum absolute atomic E-state index is 0.0953. The number of esters is 1. The molecule has 28 heavy (non-hydrogen) atoms. The monoisotopic (exact) mass is 390 g/mol. The standard InChI is InChI=1S/C22H14O5S/c23-14-10-16(12-5-2-1-3-6-12)27-22-20-13(18-7-4-8-28-18)9-19(25)26-17(20)11-15(24)21(14)22/h1-8,10-11,13,24H,9H2/t13-/m1/s1. The predicted octanol–water partition coefficient (Wildman–Crippen LogP) is 4.67. The molecule has 0 spiro atoms. The first kappa shape index (κ1) is 16.8. The van der Waals surface area contributed by atoms with Crippen molar-refractivity contribution < 1.29 is 19.1 Å². The van der Waals surface area contributed by atoms with Gasteiger partial charge in [0.25, 0.3) is 0 Å². The SMILES string of the molecule is O=C1C[C@H](c2cccs2)c2c(cc(O)c3c(=O)cc(-c4ccccc4)oc23)O1. The van der Waals surface area contributed by atoms with Crippen molar-refractivity contribution in [3.8, 4) is 22.8 Å². The number of carbonyl (C=O) groups is 1. The van der Waals surface area contributed by atoms with Gasteiger partial charge >= 0.3 is 5.97 Å². The van der Waals surface area contributed by atoms with E-state index in [1.54, 1.807) is 0 Å². The topological polar surface area (TPSA) is 76.7 Å². The summed E-state index contributed by atoms with van der Waals surface area (Å²) in [5, 5.41) is 12.5. The summed E-state index contributed by atoms with van der Waals surface area (Å²) in [6, 6.07) is 15.8. The predicted molar refractivity (Wildman–Crippen MR) is 106 cm³/mol. The highest BCUT2D eigenvalue weighted by Gasteiger charge is 2.34. The molecule has 1 aliphatic heterocycles. The third-order valence-corrected chi connectivity index (χ3v) is 5.86. The second-order valence-electron chi connectivity index (χ2n) is 6.60. The van der Waals surface area contributed by atoms with E-state index in [1.165, 1.54) is 23.5 Å². The molecule has 5 nitrogen and oxygen atoms in total. The molecule has 0 bridgehead atoms. The van der Waals surface area contributed by atoms with Crippen molar-refractivity contribution in [1.82, 2.24) is 0 Å². The highest BCUT2D eigenvalue weighted by Crippen LogP contribution is 2.46. The summed E-state index contributed by atoms with van der Waals surface area (Å²) in [5.41, 5.74) is 1.28. The number of ether oxygens (including phenoxy) is 1. The summed E-state index contributed by atoms with van der Waals surface area (Å²) in [6.07, 6.45) is 0.145. The van der Waals surface area contributed by atoms with Crippen LogP contribution in [0, 0.1) is 0 Å². The second kappa shape index (κ2) is 6.35. The number of benzene rings is 2. The second-order valence-corrected chi connectivity index (χ2v) is 7.58. The van der Waals surface area contributed by atoms with E-state index >= 15 is 0 Å². The first-order valence-electron chi connectivity index (χ1n) is 8.75. The third-order valence-electron chi connectivity index (χ3n) is 4.87. The number of thiophene rings is 1. The molecule has 1 atom stereocenters. The number of hydrogen-bond donors (Lipinski definition) is 1. The van der Waals surface area contributed by atoms with Gasteiger partial charge in [-0.2, -0.15) is 0 Å². The van der Waals surface area contributed by atoms with Crippen LogP contribution in [0.1, 0.15) is 22.8 Å². The van der Waals surface area contributed by atoms with E-state index in [-0.39, 0.29) is 46.2 Å². The molecule has 2 aromatic carbocycles. The fourth-order valence-corrected chi connectivity index (χ4v) is 4.47. The van der Waals surface area contributed by atoms with Gasteiger partial charge in [0.2, 0.25) is 0 Å². The van der Waals surface area contributed by atoms with Gasteiger partial charge in [-0.1, -0.05) is 36.4 Å². The van der Waals surface area contributed by atoms with Crippen molar-refractivity contribution in [3.05, 3.63) is 80.6 Å². The van der Waals surface area contributed by atoms with Crippen molar-refractivity contribution in [1.29, 1.82) is 0 Å². The molecular weight excluding hydrogens is 376 g/mol. The number of fused-ring (bicyclic) bond motifs is 3. The molecule has 1 N–H and O–H groups in total. The fourth-order valence-electron chi connectivity index (χ4n) is 3.64. The Hall–Kier alpha value is -3.38. The first-order chi connectivity index (χ1) is 13.6. The molecule has 0 aliphatic carbocycles. The summed E-state index contributed by atoms with van der Waals surface area (Å²) in [7, 11) is 0. The van der Waals surface area contributed by atoms with Crippen molar-refractivity contribution in [2.24, 2.45) is 0 Å².